The number of aromatic nitrogens is 4. The van der Waals surface area contributed by atoms with E-state index in [9.17, 15) is 4.79 Å². The Labute approximate surface area is 168 Å². The number of hydrogen-bond acceptors (Lipinski definition) is 4. The number of hydrogen-bond donors (Lipinski definition) is 2. The maximum atomic E-state index is 12.6. The summed E-state index contributed by atoms with van der Waals surface area (Å²) < 4.78 is 3.71. The summed E-state index contributed by atoms with van der Waals surface area (Å²) in [7, 11) is 0. The molecule has 4 rings (SSSR count). The number of imidazole rings is 1. The number of carbonyl (C=O) groups excluding carboxylic acids is 1. The lowest BCUT2D eigenvalue weighted by Crippen LogP contribution is -2.12. The quantitative estimate of drug-likeness (QED) is 0.549. The molecule has 0 radical (unpaired) electrons. The largest absolute Gasteiger partial charge is 0.384 e. The summed E-state index contributed by atoms with van der Waals surface area (Å²) in [6.07, 6.45) is 3.72. The highest BCUT2D eigenvalue weighted by atomic mass is 16.1. The second-order valence-electron chi connectivity index (χ2n) is 6.93. The number of anilines is 2. The summed E-state index contributed by atoms with van der Waals surface area (Å²) in [6.45, 7) is 4.55. The van der Waals surface area contributed by atoms with Gasteiger partial charge in [-0.1, -0.05) is 12.1 Å². The van der Waals surface area contributed by atoms with E-state index in [0.29, 0.717) is 17.9 Å². The fraction of sp³-hybridized carbons (Fsp3) is 0.136. The van der Waals surface area contributed by atoms with Crippen LogP contribution < -0.4 is 11.1 Å². The molecule has 146 valence electrons. The summed E-state index contributed by atoms with van der Waals surface area (Å²) in [5, 5.41) is 7.31. The molecule has 0 saturated heterocycles. The molecule has 0 aliphatic rings. The van der Waals surface area contributed by atoms with Crippen LogP contribution in [0.1, 0.15) is 27.4 Å². The molecule has 0 unspecified atom stereocenters. The van der Waals surface area contributed by atoms with Crippen molar-refractivity contribution in [3.63, 3.8) is 0 Å². The number of nitrogen functional groups attached to an aromatic ring is 1. The van der Waals surface area contributed by atoms with Crippen molar-refractivity contribution in [1.29, 1.82) is 0 Å². The smallest absolute Gasteiger partial charge is 0.255 e. The molecule has 0 fully saturated rings. The fourth-order valence-electron chi connectivity index (χ4n) is 3.20. The molecule has 0 aliphatic carbocycles. The van der Waals surface area contributed by atoms with E-state index in [-0.39, 0.29) is 5.91 Å². The van der Waals surface area contributed by atoms with Crippen LogP contribution in [0.5, 0.6) is 0 Å². The van der Waals surface area contributed by atoms with Crippen LogP contribution in [-0.2, 0) is 6.54 Å². The average Bonchev–Trinajstić information content (AvgIpc) is 3.26. The highest BCUT2D eigenvalue weighted by molar-refractivity contribution is 6.04. The topological polar surface area (TPSA) is 90.8 Å². The van der Waals surface area contributed by atoms with Crippen molar-refractivity contribution in [3.05, 3.63) is 89.6 Å². The van der Waals surface area contributed by atoms with Crippen molar-refractivity contribution in [2.45, 2.75) is 20.4 Å². The van der Waals surface area contributed by atoms with Crippen LogP contribution in [0.4, 0.5) is 11.5 Å². The molecular weight excluding hydrogens is 364 g/mol. The summed E-state index contributed by atoms with van der Waals surface area (Å²) in [5.74, 6) is 1.34. The lowest BCUT2D eigenvalue weighted by atomic mass is 10.1. The van der Waals surface area contributed by atoms with Crippen molar-refractivity contribution in [1.82, 2.24) is 19.3 Å². The first-order chi connectivity index (χ1) is 14.0. The molecule has 29 heavy (non-hydrogen) atoms. The van der Waals surface area contributed by atoms with E-state index in [0.717, 1.165) is 28.5 Å². The Bertz CT molecular complexity index is 1160. The zero-order valence-electron chi connectivity index (χ0n) is 16.3. The van der Waals surface area contributed by atoms with E-state index in [1.54, 1.807) is 29.1 Å². The number of benzene rings is 2. The SMILES string of the molecule is Cc1cc(N)n(-c2ccc(C(=O)Nc3cccc(Cn4ccnc4C)c3)cc2)n1. The molecule has 0 bridgehead atoms. The maximum absolute atomic E-state index is 12.6. The van der Waals surface area contributed by atoms with Gasteiger partial charge in [-0.15, -0.1) is 0 Å². The van der Waals surface area contributed by atoms with Crippen LogP contribution in [0.25, 0.3) is 5.69 Å². The second-order valence-corrected chi connectivity index (χ2v) is 6.93. The molecule has 0 aliphatic heterocycles. The Balaban J connectivity index is 1.47. The van der Waals surface area contributed by atoms with E-state index in [1.165, 1.54) is 0 Å². The van der Waals surface area contributed by atoms with Gasteiger partial charge in [0.25, 0.3) is 5.91 Å². The lowest BCUT2D eigenvalue weighted by molar-refractivity contribution is 0.102. The van der Waals surface area contributed by atoms with E-state index in [4.69, 9.17) is 5.73 Å². The zero-order valence-corrected chi connectivity index (χ0v) is 16.3. The van der Waals surface area contributed by atoms with E-state index < -0.39 is 0 Å². The van der Waals surface area contributed by atoms with Gasteiger partial charge in [0.05, 0.1) is 11.4 Å². The molecule has 0 atom stereocenters. The zero-order chi connectivity index (χ0) is 20.4. The van der Waals surface area contributed by atoms with Gasteiger partial charge in [0.2, 0.25) is 0 Å². The van der Waals surface area contributed by atoms with Gasteiger partial charge >= 0.3 is 0 Å². The molecule has 1 amide bonds. The van der Waals surface area contributed by atoms with Crippen molar-refractivity contribution < 1.29 is 4.79 Å². The maximum Gasteiger partial charge on any atom is 0.255 e. The van der Waals surface area contributed by atoms with Crippen molar-refractivity contribution >= 4 is 17.4 Å². The number of nitrogens with two attached hydrogens (primary N) is 1. The Morgan fingerprint density at radius 3 is 2.55 bits per heavy atom. The Morgan fingerprint density at radius 2 is 1.90 bits per heavy atom. The first-order valence-corrected chi connectivity index (χ1v) is 9.30. The number of carbonyl (C=O) groups is 1. The minimum atomic E-state index is -0.169. The molecule has 0 saturated carbocycles. The average molecular weight is 386 g/mol. The van der Waals surface area contributed by atoms with E-state index in [2.05, 4.69) is 20.0 Å². The van der Waals surface area contributed by atoms with Crippen LogP contribution in [-0.4, -0.2) is 25.2 Å². The third-order valence-electron chi connectivity index (χ3n) is 4.69. The molecule has 3 N–H and O–H groups in total. The van der Waals surface area contributed by atoms with Crippen molar-refractivity contribution in [2.24, 2.45) is 0 Å². The molecule has 4 aromatic rings. The van der Waals surface area contributed by atoms with E-state index in [1.807, 2.05) is 56.4 Å². The van der Waals surface area contributed by atoms with Gasteiger partial charge in [-0.2, -0.15) is 5.10 Å². The van der Waals surface area contributed by atoms with Gasteiger partial charge in [0.1, 0.15) is 11.6 Å². The van der Waals surface area contributed by atoms with Crippen LogP contribution in [0.2, 0.25) is 0 Å². The molecule has 0 spiro atoms. The Kier molecular flexibility index (Phi) is 4.87. The van der Waals surface area contributed by atoms with Crippen LogP contribution in [0.3, 0.4) is 0 Å². The molecule has 2 aromatic heterocycles. The lowest BCUT2D eigenvalue weighted by Gasteiger charge is -2.10. The van der Waals surface area contributed by atoms with Gasteiger partial charge in [-0.3, -0.25) is 4.79 Å². The highest BCUT2D eigenvalue weighted by Crippen LogP contribution is 2.17. The predicted molar refractivity (Wildman–Crippen MR) is 113 cm³/mol. The standard InChI is InChI=1S/C22H22N6O/c1-15-12-21(23)28(26-15)20-8-6-18(7-9-20)22(29)25-19-5-3-4-17(13-19)14-27-11-10-24-16(27)2/h3-13H,14,23H2,1-2H3,(H,25,29). The number of aryl methyl sites for hydroxylation is 2. The minimum absolute atomic E-state index is 0.169. The highest BCUT2D eigenvalue weighted by Gasteiger charge is 2.09. The predicted octanol–water partition coefficient (Wildman–Crippen LogP) is 3.57. The second kappa shape index (κ2) is 7.63. The van der Waals surface area contributed by atoms with Crippen molar-refractivity contribution in [3.8, 4) is 5.69 Å². The van der Waals surface area contributed by atoms with E-state index >= 15 is 0 Å². The third kappa shape index (κ3) is 4.03. The number of nitrogens with one attached hydrogen (secondary N) is 1. The molecule has 2 aromatic carbocycles. The van der Waals surface area contributed by atoms with Gasteiger partial charge in [-0.25, -0.2) is 9.67 Å². The van der Waals surface area contributed by atoms with Gasteiger partial charge in [0, 0.05) is 36.3 Å². The molecule has 7 heteroatoms. The Morgan fingerprint density at radius 1 is 1.10 bits per heavy atom. The van der Waals surface area contributed by atoms with Gasteiger partial charge in [0.15, 0.2) is 0 Å². The normalized spacial score (nSPS) is 10.8. The van der Waals surface area contributed by atoms with Crippen LogP contribution in [0, 0.1) is 13.8 Å². The minimum Gasteiger partial charge on any atom is -0.384 e. The Hall–Kier alpha value is -3.87. The van der Waals surface area contributed by atoms with Gasteiger partial charge < -0.3 is 15.6 Å². The van der Waals surface area contributed by atoms with Crippen LogP contribution in [0.15, 0.2) is 67.0 Å². The third-order valence-corrected chi connectivity index (χ3v) is 4.69. The van der Waals surface area contributed by atoms with Gasteiger partial charge in [-0.05, 0) is 55.8 Å². The summed E-state index contributed by atoms with van der Waals surface area (Å²) in [5.41, 5.74) is 10.0. The monoisotopic (exact) mass is 386 g/mol. The molecular formula is C22H22N6O. The molecule has 2 heterocycles. The summed E-state index contributed by atoms with van der Waals surface area (Å²) in [4.78, 5) is 16.9. The number of amides is 1. The first-order valence-electron chi connectivity index (χ1n) is 9.30. The molecule has 7 nitrogen and oxygen atoms in total. The fourth-order valence-corrected chi connectivity index (χ4v) is 3.20. The number of rotatable bonds is 5. The van der Waals surface area contributed by atoms with Crippen molar-refractivity contribution in [2.75, 3.05) is 11.1 Å². The first kappa shape index (κ1) is 18.5. The summed E-state index contributed by atoms with van der Waals surface area (Å²) >= 11 is 0. The van der Waals surface area contributed by atoms with Crippen LogP contribution >= 0.6 is 0 Å². The summed E-state index contributed by atoms with van der Waals surface area (Å²) in [6, 6.07) is 16.8. The number of nitrogens with zero attached hydrogens (tertiary/aromatic N) is 4.